The molecule has 0 unspecified atom stereocenters. The number of hydrogen-bond donors (Lipinski definition) is 1. The molecule has 1 aromatic heterocycles. The number of nitrogens with two attached hydrogens (primary N) is 1. The smallest absolute Gasteiger partial charge is 0.201 e. The number of anilines is 1. The molecule has 20 heavy (non-hydrogen) atoms. The number of benzene rings is 2. The van der Waals surface area contributed by atoms with Gasteiger partial charge in [0.05, 0.1) is 17.6 Å². The molecule has 0 aliphatic rings. The zero-order valence-corrected chi connectivity index (χ0v) is 11.3. The van der Waals surface area contributed by atoms with Gasteiger partial charge in [-0.3, -0.25) is 0 Å². The van der Waals surface area contributed by atoms with Gasteiger partial charge in [0.15, 0.2) is 0 Å². The summed E-state index contributed by atoms with van der Waals surface area (Å²) in [6, 6.07) is 13.0. The molecule has 2 N–H and O–H groups in total. The van der Waals surface area contributed by atoms with Crippen molar-refractivity contribution < 1.29 is 4.39 Å². The van der Waals surface area contributed by atoms with Crippen LogP contribution in [-0.4, -0.2) is 9.55 Å². The maximum absolute atomic E-state index is 13.2. The fraction of sp³-hybridized carbons (Fsp3) is 0.188. The van der Waals surface area contributed by atoms with Crippen molar-refractivity contribution >= 4 is 17.0 Å². The molecule has 3 rings (SSSR count). The Morgan fingerprint density at radius 1 is 1.10 bits per heavy atom. The van der Waals surface area contributed by atoms with Gasteiger partial charge in [0, 0.05) is 6.07 Å². The third-order valence-electron chi connectivity index (χ3n) is 3.51. The number of aryl methyl sites for hydroxylation is 1. The van der Waals surface area contributed by atoms with E-state index in [0.717, 1.165) is 17.5 Å². The molecule has 102 valence electrons. The SMILES string of the molecule is CCc1ccc(Cn2c(N)nc3cc(F)ccc32)cc1. The van der Waals surface area contributed by atoms with Crippen LogP contribution in [0.5, 0.6) is 0 Å². The highest BCUT2D eigenvalue weighted by Crippen LogP contribution is 2.20. The second kappa shape index (κ2) is 4.96. The van der Waals surface area contributed by atoms with E-state index in [0.29, 0.717) is 18.0 Å². The highest BCUT2D eigenvalue weighted by Gasteiger charge is 2.09. The van der Waals surface area contributed by atoms with E-state index in [2.05, 4.69) is 36.2 Å². The summed E-state index contributed by atoms with van der Waals surface area (Å²) in [6.45, 7) is 2.77. The minimum Gasteiger partial charge on any atom is -0.369 e. The Hall–Kier alpha value is -2.36. The summed E-state index contributed by atoms with van der Waals surface area (Å²) in [6.07, 6.45) is 1.02. The molecule has 3 nitrogen and oxygen atoms in total. The van der Waals surface area contributed by atoms with Crippen molar-refractivity contribution in [2.24, 2.45) is 0 Å². The molecule has 3 aromatic rings. The molecule has 0 saturated carbocycles. The second-order valence-electron chi connectivity index (χ2n) is 4.86. The number of nitrogen functional groups attached to an aromatic ring is 1. The summed E-state index contributed by atoms with van der Waals surface area (Å²) in [5.41, 5.74) is 9.83. The molecule has 0 aliphatic carbocycles. The zero-order valence-electron chi connectivity index (χ0n) is 11.3. The van der Waals surface area contributed by atoms with Gasteiger partial charge in [-0.15, -0.1) is 0 Å². The minimum atomic E-state index is -0.297. The van der Waals surface area contributed by atoms with Crippen molar-refractivity contribution in [3.63, 3.8) is 0 Å². The number of fused-ring (bicyclic) bond motifs is 1. The summed E-state index contributed by atoms with van der Waals surface area (Å²) in [7, 11) is 0. The van der Waals surface area contributed by atoms with Crippen LogP contribution in [0, 0.1) is 5.82 Å². The first-order valence-corrected chi connectivity index (χ1v) is 6.66. The van der Waals surface area contributed by atoms with Crippen LogP contribution in [0.2, 0.25) is 0 Å². The van der Waals surface area contributed by atoms with E-state index < -0.39 is 0 Å². The number of imidazole rings is 1. The van der Waals surface area contributed by atoms with E-state index in [9.17, 15) is 4.39 Å². The second-order valence-corrected chi connectivity index (χ2v) is 4.86. The van der Waals surface area contributed by atoms with Gasteiger partial charge in [-0.2, -0.15) is 0 Å². The third-order valence-corrected chi connectivity index (χ3v) is 3.51. The van der Waals surface area contributed by atoms with E-state index in [1.54, 1.807) is 6.07 Å². The topological polar surface area (TPSA) is 43.8 Å². The lowest BCUT2D eigenvalue weighted by Gasteiger charge is -2.07. The van der Waals surface area contributed by atoms with Gasteiger partial charge in [0.2, 0.25) is 5.95 Å². The third kappa shape index (κ3) is 2.25. The fourth-order valence-electron chi connectivity index (χ4n) is 2.35. The average Bonchev–Trinajstić information content (AvgIpc) is 2.75. The van der Waals surface area contributed by atoms with Crippen molar-refractivity contribution in [1.82, 2.24) is 9.55 Å². The van der Waals surface area contributed by atoms with E-state index in [1.165, 1.54) is 17.7 Å². The largest absolute Gasteiger partial charge is 0.369 e. The molecule has 0 spiro atoms. The molecule has 0 saturated heterocycles. The molecule has 0 aliphatic heterocycles. The maximum atomic E-state index is 13.2. The number of hydrogen-bond acceptors (Lipinski definition) is 2. The minimum absolute atomic E-state index is 0.297. The number of aromatic nitrogens is 2. The number of rotatable bonds is 3. The van der Waals surface area contributed by atoms with Crippen LogP contribution in [0.15, 0.2) is 42.5 Å². The lowest BCUT2D eigenvalue weighted by atomic mass is 10.1. The van der Waals surface area contributed by atoms with Crippen molar-refractivity contribution in [2.75, 3.05) is 5.73 Å². The lowest BCUT2D eigenvalue weighted by molar-refractivity contribution is 0.629. The molecule has 0 radical (unpaired) electrons. The predicted molar refractivity (Wildman–Crippen MR) is 79.0 cm³/mol. The normalized spacial score (nSPS) is 11.1. The number of nitrogens with zero attached hydrogens (tertiary/aromatic N) is 2. The summed E-state index contributed by atoms with van der Waals surface area (Å²) in [5, 5.41) is 0. The molecule has 1 heterocycles. The van der Waals surface area contributed by atoms with Crippen LogP contribution in [-0.2, 0) is 13.0 Å². The van der Waals surface area contributed by atoms with Gasteiger partial charge in [-0.05, 0) is 29.7 Å². The molecule has 0 atom stereocenters. The van der Waals surface area contributed by atoms with Crippen LogP contribution in [0.4, 0.5) is 10.3 Å². The molecule has 0 fully saturated rings. The number of halogens is 1. The molecule has 0 amide bonds. The van der Waals surface area contributed by atoms with E-state index in [1.807, 2.05) is 4.57 Å². The molecule has 4 heteroatoms. The van der Waals surface area contributed by atoms with Gasteiger partial charge in [-0.25, -0.2) is 9.37 Å². The first-order chi connectivity index (χ1) is 9.67. The summed E-state index contributed by atoms with van der Waals surface area (Å²) in [4.78, 5) is 4.20. The van der Waals surface area contributed by atoms with E-state index >= 15 is 0 Å². The van der Waals surface area contributed by atoms with Gasteiger partial charge in [0.1, 0.15) is 5.82 Å². The Morgan fingerprint density at radius 3 is 2.50 bits per heavy atom. The first-order valence-electron chi connectivity index (χ1n) is 6.66. The zero-order chi connectivity index (χ0) is 14.1. The maximum Gasteiger partial charge on any atom is 0.201 e. The standard InChI is InChI=1S/C16H16FN3/c1-2-11-3-5-12(6-4-11)10-20-15-8-7-13(17)9-14(15)19-16(20)18/h3-9H,2,10H2,1H3,(H2,18,19). The molecular formula is C16H16FN3. The Labute approximate surface area is 116 Å². The summed E-state index contributed by atoms with van der Waals surface area (Å²) in [5.74, 6) is 0.111. The van der Waals surface area contributed by atoms with Crippen LogP contribution in [0.3, 0.4) is 0 Å². The van der Waals surface area contributed by atoms with Crippen LogP contribution < -0.4 is 5.73 Å². The predicted octanol–water partition coefficient (Wildman–Crippen LogP) is 3.37. The molecular weight excluding hydrogens is 253 g/mol. The Morgan fingerprint density at radius 2 is 1.80 bits per heavy atom. The average molecular weight is 269 g/mol. The highest BCUT2D eigenvalue weighted by atomic mass is 19.1. The van der Waals surface area contributed by atoms with E-state index in [4.69, 9.17) is 5.73 Å². The Bertz CT molecular complexity index is 744. The fourth-order valence-corrected chi connectivity index (χ4v) is 2.35. The van der Waals surface area contributed by atoms with Gasteiger partial charge in [-0.1, -0.05) is 31.2 Å². The lowest BCUT2D eigenvalue weighted by Crippen LogP contribution is -2.04. The van der Waals surface area contributed by atoms with E-state index in [-0.39, 0.29) is 5.82 Å². The molecule has 2 aromatic carbocycles. The van der Waals surface area contributed by atoms with Gasteiger partial charge >= 0.3 is 0 Å². The van der Waals surface area contributed by atoms with Gasteiger partial charge < -0.3 is 10.3 Å². The quantitative estimate of drug-likeness (QED) is 0.792. The van der Waals surface area contributed by atoms with Gasteiger partial charge in [0.25, 0.3) is 0 Å². The van der Waals surface area contributed by atoms with Crippen molar-refractivity contribution in [3.8, 4) is 0 Å². The van der Waals surface area contributed by atoms with Crippen LogP contribution in [0.1, 0.15) is 18.1 Å². The molecule has 0 bridgehead atoms. The first kappa shape index (κ1) is 12.7. The monoisotopic (exact) mass is 269 g/mol. The van der Waals surface area contributed by atoms with Crippen molar-refractivity contribution in [1.29, 1.82) is 0 Å². The highest BCUT2D eigenvalue weighted by molar-refractivity contribution is 5.78. The summed E-state index contributed by atoms with van der Waals surface area (Å²) >= 11 is 0. The van der Waals surface area contributed by atoms with Crippen LogP contribution >= 0.6 is 0 Å². The Balaban J connectivity index is 1.99. The Kier molecular flexibility index (Phi) is 3.14. The van der Waals surface area contributed by atoms with Crippen LogP contribution in [0.25, 0.3) is 11.0 Å². The van der Waals surface area contributed by atoms with Crippen molar-refractivity contribution in [2.45, 2.75) is 19.9 Å². The van der Waals surface area contributed by atoms with Crippen molar-refractivity contribution in [3.05, 3.63) is 59.4 Å². The summed E-state index contributed by atoms with van der Waals surface area (Å²) < 4.78 is 15.1.